The highest BCUT2D eigenvalue weighted by Gasteiger charge is 2.41. The zero-order valence-electron chi connectivity index (χ0n) is 10.5. The van der Waals surface area contributed by atoms with Gasteiger partial charge in [0.05, 0.1) is 4.92 Å². The number of carbonyl (C=O) groups is 1. The Hall–Kier alpha value is -1.69. The topological polar surface area (TPSA) is 85.1 Å². The molecule has 6 nitrogen and oxygen atoms in total. The van der Waals surface area contributed by atoms with E-state index in [0.29, 0.717) is 6.54 Å². The summed E-state index contributed by atoms with van der Waals surface area (Å²) in [5, 5.41) is 13.4. The Morgan fingerprint density at radius 2 is 2.32 bits per heavy atom. The Kier molecular flexibility index (Phi) is 3.71. The fraction of sp³-hybridized carbons (Fsp3) is 0.500. The molecule has 1 aromatic heterocycles. The summed E-state index contributed by atoms with van der Waals surface area (Å²) in [6, 6.07) is 1.31. The average Bonchev–Trinajstić information content (AvgIpc) is 3.16. The van der Waals surface area contributed by atoms with Gasteiger partial charge in [0.2, 0.25) is 5.15 Å². The van der Waals surface area contributed by atoms with E-state index in [9.17, 15) is 14.9 Å². The van der Waals surface area contributed by atoms with Crippen LogP contribution in [0.25, 0.3) is 0 Å². The Morgan fingerprint density at radius 1 is 1.63 bits per heavy atom. The summed E-state index contributed by atoms with van der Waals surface area (Å²) in [6.07, 6.45) is 4.45. The van der Waals surface area contributed by atoms with Crippen molar-refractivity contribution in [3.05, 3.63) is 33.1 Å². The Bertz CT molecular complexity index is 529. The smallest absolute Gasteiger partial charge is 0.319 e. The zero-order chi connectivity index (χ0) is 14.0. The summed E-state index contributed by atoms with van der Waals surface area (Å²) in [5.74, 6) is -0.476. The molecule has 1 amide bonds. The third kappa shape index (κ3) is 2.84. The van der Waals surface area contributed by atoms with Gasteiger partial charge in [-0.2, -0.15) is 0 Å². The van der Waals surface area contributed by atoms with Gasteiger partial charge >= 0.3 is 5.69 Å². The normalized spacial score (nSPS) is 15.9. The monoisotopic (exact) mass is 283 g/mol. The highest BCUT2D eigenvalue weighted by molar-refractivity contribution is 6.32. The molecule has 1 fully saturated rings. The molecule has 1 saturated carbocycles. The predicted octanol–water partition coefficient (Wildman–Crippen LogP) is 2.56. The van der Waals surface area contributed by atoms with Gasteiger partial charge in [-0.15, -0.1) is 0 Å². The minimum atomic E-state index is -0.684. The molecule has 2 rings (SSSR count). The lowest BCUT2D eigenvalue weighted by molar-refractivity contribution is -0.385. The van der Waals surface area contributed by atoms with Crippen molar-refractivity contribution in [2.45, 2.75) is 26.2 Å². The molecule has 19 heavy (non-hydrogen) atoms. The van der Waals surface area contributed by atoms with Crippen molar-refractivity contribution in [1.82, 2.24) is 10.3 Å². The number of aromatic nitrogens is 1. The molecule has 0 aliphatic heterocycles. The minimum absolute atomic E-state index is 0.0445. The summed E-state index contributed by atoms with van der Waals surface area (Å²) < 4.78 is 0. The molecule has 1 N–H and O–H groups in total. The molecule has 1 aromatic rings. The third-order valence-electron chi connectivity index (χ3n) is 3.64. The molecule has 0 atom stereocenters. The van der Waals surface area contributed by atoms with Gasteiger partial charge in [-0.05, 0) is 30.7 Å². The molecular weight excluding hydrogens is 270 g/mol. The van der Waals surface area contributed by atoms with Crippen LogP contribution in [0, 0.1) is 15.5 Å². The molecule has 0 aromatic carbocycles. The number of nitrogens with one attached hydrogen (secondary N) is 1. The maximum atomic E-state index is 12.0. The van der Waals surface area contributed by atoms with E-state index in [1.54, 1.807) is 0 Å². The van der Waals surface area contributed by atoms with E-state index < -0.39 is 16.5 Å². The van der Waals surface area contributed by atoms with Crippen molar-refractivity contribution in [2.75, 3.05) is 6.54 Å². The summed E-state index contributed by atoms with van der Waals surface area (Å²) in [5.41, 5.74) is -0.304. The maximum Gasteiger partial charge on any atom is 0.319 e. The molecule has 102 valence electrons. The van der Waals surface area contributed by atoms with Crippen molar-refractivity contribution < 1.29 is 9.72 Å². The van der Waals surface area contributed by atoms with E-state index in [4.69, 9.17) is 11.6 Å². The van der Waals surface area contributed by atoms with Crippen LogP contribution < -0.4 is 5.32 Å². The van der Waals surface area contributed by atoms with Crippen LogP contribution in [0.5, 0.6) is 0 Å². The van der Waals surface area contributed by atoms with Crippen molar-refractivity contribution in [2.24, 2.45) is 5.41 Å². The molecule has 0 bridgehead atoms. The summed E-state index contributed by atoms with van der Waals surface area (Å²) >= 11 is 5.67. The first-order valence-electron chi connectivity index (χ1n) is 6.06. The number of carbonyl (C=O) groups excluding carboxylic acids is 1. The van der Waals surface area contributed by atoms with E-state index in [1.807, 2.05) is 0 Å². The highest BCUT2D eigenvalue weighted by atomic mass is 35.5. The van der Waals surface area contributed by atoms with E-state index in [0.717, 1.165) is 19.3 Å². The highest BCUT2D eigenvalue weighted by Crippen LogP contribution is 2.47. The molecule has 1 heterocycles. The summed E-state index contributed by atoms with van der Waals surface area (Å²) in [6.45, 7) is 2.62. The van der Waals surface area contributed by atoms with Crippen LogP contribution in [-0.2, 0) is 0 Å². The lowest BCUT2D eigenvalue weighted by Gasteiger charge is -2.13. The van der Waals surface area contributed by atoms with Gasteiger partial charge in [-0.3, -0.25) is 14.9 Å². The number of hydrogen-bond donors (Lipinski definition) is 1. The Labute approximate surface area is 115 Å². The second kappa shape index (κ2) is 5.13. The van der Waals surface area contributed by atoms with Crippen LogP contribution in [0.15, 0.2) is 12.3 Å². The first-order chi connectivity index (χ1) is 8.99. The predicted molar refractivity (Wildman–Crippen MR) is 70.2 cm³/mol. The fourth-order valence-electron chi connectivity index (χ4n) is 1.98. The maximum absolute atomic E-state index is 12.0. The second-order valence-corrected chi connectivity index (χ2v) is 5.15. The SMILES string of the molecule is CCC1(CNC(=O)c2ccnc(Cl)c2[N+](=O)[O-])CC1. The van der Waals surface area contributed by atoms with Crippen LogP contribution in [-0.4, -0.2) is 22.4 Å². The number of rotatable bonds is 5. The van der Waals surface area contributed by atoms with Crippen LogP contribution in [0.1, 0.15) is 36.5 Å². The number of pyridine rings is 1. The standard InChI is InChI=1S/C12H14ClN3O3/c1-2-12(4-5-12)7-15-11(17)8-3-6-14-10(13)9(8)16(18)19/h3,6H,2,4-5,7H2,1H3,(H,15,17). The second-order valence-electron chi connectivity index (χ2n) is 4.79. The van der Waals surface area contributed by atoms with Crippen molar-refractivity contribution in [1.29, 1.82) is 0 Å². The van der Waals surface area contributed by atoms with E-state index >= 15 is 0 Å². The van der Waals surface area contributed by atoms with Gasteiger partial charge in [-0.25, -0.2) is 4.98 Å². The number of nitrogens with zero attached hydrogens (tertiary/aromatic N) is 2. The largest absolute Gasteiger partial charge is 0.351 e. The first kappa shape index (κ1) is 13.7. The van der Waals surface area contributed by atoms with Crippen LogP contribution in [0.4, 0.5) is 5.69 Å². The summed E-state index contributed by atoms with van der Waals surface area (Å²) in [7, 11) is 0. The quantitative estimate of drug-likeness (QED) is 0.511. The van der Waals surface area contributed by atoms with E-state index in [-0.39, 0.29) is 16.1 Å². The van der Waals surface area contributed by atoms with Crippen LogP contribution >= 0.6 is 11.6 Å². The van der Waals surface area contributed by atoms with Gasteiger partial charge in [0.15, 0.2) is 0 Å². The Balaban J connectivity index is 2.15. The first-order valence-corrected chi connectivity index (χ1v) is 6.44. The van der Waals surface area contributed by atoms with Gasteiger partial charge < -0.3 is 5.32 Å². The Morgan fingerprint density at radius 3 is 2.84 bits per heavy atom. The van der Waals surface area contributed by atoms with Crippen molar-refractivity contribution >= 4 is 23.2 Å². The van der Waals surface area contributed by atoms with Crippen molar-refractivity contribution in [3.63, 3.8) is 0 Å². The average molecular weight is 284 g/mol. The van der Waals surface area contributed by atoms with Crippen LogP contribution in [0.3, 0.4) is 0 Å². The molecule has 1 aliphatic carbocycles. The third-order valence-corrected chi connectivity index (χ3v) is 3.91. The van der Waals surface area contributed by atoms with Gasteiger partial charge in [-0.1, -0.05) is 18.5 Å². The number of nitro groups is 1. The van der Waals surface area contributed by atoms with Gasteiger partial charge in [0, 0.05) is 12.7 Å². The molecular formula is C12H14ClN3O3. The molecule has 1 aliphatic rings. The lowest BCUT2D eigenvalue weighted by atomic mass is 10.0. The van der Waals surface area contributed by atoms with Crippen LogP contribution in [0.2, 0.25) is 5.15 Å². The van der Waals surface area contributed by atoms with E-state index in [1.165, 1.54) is 12.3 Å². The number of halogens is 1. The zero-order valence-corrected chi connectivity index (χ0v) is 11.2. The van der Waals surface area contributed by atoms with Gasteiger partial charge in [0.25, 0.3) is 5.91 Å². The van der Waals surface area contributed by atoms with Gasteiger partial charge in [0.1, 0.15) is 5.56 Å². The number of hydrogen-bond acceptors (Lipinski definition) is 4. The molecule has 0 saturated heterocycles. The lowest BCUT2D eigenvalue weighted by Crippen LogP contribution is -2.30. The molecule has 7 heteroatoms. The number of amides is 1. The summed E-state index contributed by atoms with van der Waals surface area (Å²) in [4.78, 5) is 25.9. The fourth-order valence-corrected chi connectivity index (χ4v) is 2.21. The minimum Gasteiger partial charge on any atom is -0.351 e. The van der Waals surface area contributed by atoms with E-state index in [2.05, 4.69) is 17.2 Å². The molecule has 0 spiro atoms. The van der Waals surface area contributed by atoms with Crippen molar-refractivity contribution in [3.8, 4) is 0 Å². The molecule has 0 unspecified atom stereocenters. The molecule has 0 radical (unpaired) electrons.